The number of carbonyl (C=O) groups excluding carboxylic acids is 1. The zero-order chi connectivity index (χ0) is 22.7. The zero-order valence-electron chi connectivity index (χ0n) is 17.7. The maximum atomic E-state index is 13.1. The summed E-state index contributed by atoms with van der Waals surface area (Å²) in [5.41, 5.74) is 5.85. The topological polar surface area (TPSA) is 72.8 Å². The molecule has 0 bridgehead atoms. The predicted octanol–water partition coefficient (Wildman–Crippen LogP) is 5.79. The van der Waals surface area contributed by atoms with Crippen LogP contribution in [0.3, 0.4) is 0 Å². The van der Waals surface area contributed by atoms with Crippen molar-refractivity contribution in [1.82, 2.24) is 10.4 Å². The summed E-state index contributed by atoms with van der Waals surface area (Å²) >= 11 is 7.40. The number of halogens is 1. The Morgan fingerprint density at radius 1 is 1.06 bits per heavy atom. The van der Waals surface area contributed by atoms with E-state index in [1.165, 1.54) is 11.3 Å². The lowest BCUT2D eigenvalue weighted by molar-refractivity contribution is 0.0956. The first kappa shape index (κ1) is 21.8. The third kappa shape index (κ3) is 4.44. The molecular formula is C24H20ClN3O3S. The molecule has 1 N–H and O–H groups in total. The van der Waals surface area contributed by atoms with Gasteiger partial charge in [0.15, 0.2) is 0 Å². The van der Waals surface area contributed by atoms with Crippen molar-refractivity contribution in [1.29, 1.82) is 0 Å². The molecule has 0 unspecified atom stereocenters. The lowest BCUT2D eigenvalue weighted by atomic mass is 10.0. The van der Waals surface area contributed by atoms with Crippen LogP contribution in [0.5, 0.6) is 11.5 Å². The number of rotatable bonds is 6. The second kappa shape index (κ2) is 9.38. The molecule has 0 aliphatic carbocycles. The van der Waals surface area contributed by atoms with Gasteiger partial charge in [-0.25, -0.2) is 10.4 Å². The van der Waals surface area contributed by atoms with Gasteiger partial charge in [0.05, 0.1) is 45.9 Å². The van der Waals surface area contributed by atoms with Crippen LogP contribution in [0, 0.1) is 0 Å². The van der Waals surface area contributed by atoms with Gasteiger partial charge in [-0.2, -0.15) is 5.10 Å². The maximum absolute atomic E-state index is 13.1. The normalized spacial score (nSPS) is 11.4. The fourth-order valence-corrected chi connectivity index (χ4v) is 4.26. The number of thiophene rings is 1. The molecule has 2 heterocycles. The molecule has 0 radical (unpaired) electrons. The number of nitrogens with one attached hydrogen (secondary N) is 1. The second-order valence-corrected chi connectivity index (χ2v) is 8.60. The van der Waals surface area contributed by atoms with Gasteiger partial charge in [-0.1, -0.05) is 29.8 Å². The van der Waals surface area contributed by atoms with Gasteiger partial charge >= 0.3 is 0 Å². The quantitative estimate of drug-likeness (QED) is 0.289. The molecule has 8 heteroatoms. The predicted molar refractivity (Wildman–Crippen MR) is 129 cm³/mol. The molecule has 162 valence electrons. The van der Waals surface area contributed by atoms with Gasteiger partial charge < -0.3 is 9.47 Å². The van der Waals surface area contributed by atoms with Gasteiger partial charge in [-0.15, -0.1) is 11.3 Å². The minimum absolute atomic E-state index is 0.334. The highest BCUT2D eigenvalue weighted by atomic mass is 35.5. The zero-order valence-corrected chi connectivity index (χ0v) is 19.3. The highest BCUT2D eigenvalue weighted by Gasteiger charge is 2.16. The van der Waals surface area contributed by atoms with Crippen LogP contribution in [0.25, 0.3) is 22.2 Å². The monoisotopic (exact) mass is 465 g/mol. The Kier molecular flexibility index (Phi) is 6.39. The summed E-state index contributed by atoms with van der Waals surface area (Å²) in [6.07, 6.45) is 0. The van der Waals surface area contributed by atoms with Crippen molar-refractivity contribution in [3.8, 4) is 22.8 Å². The largest absolute Gasteiger partial charge is 0.497 e. The Bertz CT molecular complexity index is 1330. The molecule has 0 aliphatic heterocycles. The number of hydrogen-bond donors (Lipinski definition) is 1. The van der Waals surface area contributed by atoms with E-state index in [1.807, 2.05) is 49.4 Å². The molecule has 0 atom stereocenters. The Hall–Kier alpha value is -3.42. The van der Waals surface area contributed by atoms with Crippen molar-refractivity contribution < 1.29 is 14.3 Å². The number of ether oxygens (including phenoxy) is 2. The number of amides is 1. The molecule has 2 aromatic heterocycles. The Morgan fingerprint density at radius 2 is 1.88 bits per heavy atom. The smallest absolute Gasteiger partial charge is 0.272 e. The van der Waals surface area contributed by atoms with E-state index in [1.54, 1.807) is 32.4 Å². The average molecular weight is 466 g/mol. The Balaban J connectivity index is 1.75. The van der Waals surface area contributed by atoms with E-state index in [2.05, 4.69) is 10.5 Å². The number of carbonyl (C=O) groups is 1. The summed E-state index contributed by atoms with van der Waals surface area (Å²) in [7, 11) is 3.18. The summed E-state index contributed by atoms with van der Waals surface area (Å²) < 4.78 is 11.5. The van der Waals surface area contributed by atoms with Crippen molar-refractivity contribution in [3.63, 3.8) is 0 Å². The summed E-state index contributed by atoms with van der Waals surface area (Å²) in [5.74, 6) is 0.934. The minimum atomic E-state index is -0.334. The van der Waals surface area contributed by atoms with E-state index in [-0.39, 0.29) is 5.91 Å². The highest BCUT2D eigenvalue weighted by Crippen LogP contribution is 2.34. The first-order valence-corrected chi connectivity index (χ1v) is 10.9. The van der Waals surface area contributed by atoms with Crippen LogP contribution in [0.4, 0.5) is 0 Å². The van der Waals surface area contributed by atoms with Gasteiger partial charge in [-0.3, -0.25) is 4.79 Å². The minimum Gasteiger partial charge on any atom is -0.497 e. The number of hydrazone groups is 1. The third-order valence-corrected chi connectivity index (χ3v) is 6.24. The summed E-state index contributed by atoms with van der Waals surface area (Å²) in [6.45, 7) is 1.82. The van der Waals surface area contributed by atoms with E-state index in [0.29, 0.717) is 38.3 Å². The fourth-order valence-electron chi connectivity index (χ4n) is 3.27. The van der Waals surface area contributed by atoms with Gasteiger partial charge in [-0.05, 0) is 43.3 Å². The molecule has 0 fully saturated rings. The summed E-state index contributed by atoms with van der Waals surface area (Å²) in [6, 6.07) is 18.4. The van der Waals surface area contributed by atoms with E-state index in [4.69, 9.17) is 26.1 Å². The second-order valence-electron chi connectivity index (χ2n) is 6.88. The van der Waals surface area contributed by atoms with E-state index in [9.17, 15) is 4.79 Å². The van der Waals surface area contributed by atoms with Crippen LogP contribution < -0.4 is 14.9 Å². The number of methoxy groups -OCH3 is 2. The van der Waals surface area contributed by atoms with Gasteiger partial charge in [0.25, 0.3) is 5.91 Å². The molecular weight excluding hydrogens is 446 g/mol. The number of pyridine rings is 1. The van der Waals surface area contributed by atoms with Crippen LogP contribution in [-0.4, -0.2) is 30.8 Å². The molecule has 2 aromatic carbocycles. The van der Waals surface area contributed by atoms with Crippen molar-refractivity contribution in [2.75, 3.05) is 14.2 Å². The van der Waals surface area contributed by atoms with Crippen LogP contribution >= 0.6 is 22.9 Å². The van der Waals surface area contributed by atoms with Crippen LogP contribution in [-0.2, 0) is 0 Å². The number of hydrogen-bond acceptors (Lipinski definition) is 6. The first-order chi connectivity index (χ1) is 15.5. The highest BCUT2D eigenvalue weighted by molar-refractivity contribution is 7.18. The van der Waals surface area contributed by atoms with E-state index in [0.717, 1.165) is 15.8 Å². The molecule has 4 aromatic rings. The molecule has 0 saturated heterocycles. The van der Waals surface area contributed by atoms with Gasteiger partial charge in [0.2, 0.25) is 0 Å². The summed E-state index contributed by atoms with van der Waals surface area (Å²) in [5, 5.41) is 4.99. The molecule has 4 rings (SSSR count). The lowest BCUT2D eigenvalue weighted by Crippen LogP contribution is -2.19. The standard InChI is InChI=1S/C24H20ClN3O3S/c1-14(22-10-11-23(25)32-22)27-28-24(29)18-13-20(26-19-7-5-4-6-16(18)19)17-9-8-15(30-2)12-21(17)31-3/h4-13H,1-3H3,(H,28,29). The number of aromatic nitrogens is 1. The molecule has 1 amide bonds. The van der Waals surface area contributed by atoms with Crippen LogP contribution in [0.2, 0.25) is 4.34 Å². The van der Waals surface area contributed by atoms with E-state index < -0.39 is 0 Å². The average Bonchev–Trinajstić information content (AvgIpc) is 3.27. The van der Waals surface area contributed by atoms with Gasteiger partial charge in [0.1, 0.15) is 11.5 Å². The lowest BCUT2D eigenvalue weighted by Gasteiger charge is -2.13. The fraction of sp³-hybridized carbons (Fsp3) is 0.125. The molecule has 6 nitrogen and oxygen atoms in total. The molecule has 0 spiro atoms. The van der Waals surface area contributed by atoms with Crippen molar-refractivity contribution in [2.24, 2.45) is 5.10 Å². The number of benzene rings is 2. The molecule has 32 heavy (non-hydrogen) atoms. The maximum Gasteiger partial charge on any atom is 0.272 e. The van der Waals surface area contributed by atoms with Crippen molar-refractivity contribution in [3.05, 3.63) is 75.4 Å². The Morgan fingerprint density at radius 3 is 2.59 bits per heavy atom. The van der Waals surface area contributed by atoms with E-state index >= 15 is 0 Å². The molecule has 0 aliphatic rings. The Labute approximate surface area is 194 Å². The van der Waals surface area contributed by atoms with Gasteiger partial charge in [0, 0.05) is 17.0 Å². The summed E-state index contributed by atoms with van der Waals surface area (Å²) in [4.78, 5) is 18.8. The van der Waals surface area contributed by atoms with Crippen LogP contribution in [0.1, 0.15) is 22.2 Å². The number of nitrogens with zero attached hydrogens (tertiary/aromatic N) is 2. The molecule has 0 saturated carbocycles. The SMILES string of the molecule is COc1ccc(-c2cc(C(=O)NN=C(C)c3ccc(Cl)s3)c3ccccc3n2)c(OC)c1. The third-order valence-electron chi connectivity index (χ3n) is 4.90. The van der Waals surface area contributed by atoms with Crippen molar-refractivity contribution in [2.45, 2.75) is 6.92 Å². The first-order valence-electron chi connectivity index (χ1n) is 9.72. The van der Waals surface area contributed by atoms with Crippen molar-refractivity contribution >= 4 is 45.5 Å². The van der Waals surface area contributed by atoms with Crippen LogP contribution in [0.15, 0.2) is 65.8 Å². The number of para-hydroxylation sites is 1. The number of fused-ring (bicyclic) bond motifs is 1.